The number of nitrogens with two attached hydrogens (primary N) is 1. The van der Waals surface area contributed by atoms with Gasteiger partial charge in [-0.3, -0.25) is 4.79 Å². The van der Waals surface area contributed by atoms with Crippen molar-refractivity contribution in [2.24, 2.45) is 11.8 Å². The first-order valence-corrected chi connectivity index (χ1v) is 5.57. The maximum Gasteiger partial charge on any atom is 0.229 e. The van der Waals surface area contributed by atoms with Crippen LogP contribution < -0.4 is 10.6 Å². The van der Waals surface area contributed by atoms with E-state index in [9.17, 15) is 4.79 Å². The molecule has 1 aromatic rings. The van der Waals surface area contributed by atoms with E-state index in [2.05, 4.69) is 0 Å². The van der Waals surface area contributed by atoms with Gasteiger partial charge in [-0.05, 0) is 18.1 Å². The standard InChI is InChI=1S/C13H20N2O/c1-9(2)10(3)13(16)15(4)12-8-6-5-7-11(12)14/h5-10H,14H2,1-4H3. The fraction of sp³-hybridized carbons (Fsp3) is 0.462. The number of para-hydroxylation sites is 2. The average Bonchev–Trinajstić information content (AvgIpc) is 2.26. The van der Waals surface area contributed by atoms with Crippen molar-refractivity contribution in [2.75, 3.05) is 17.7 Å². The minimum Gasteiger partial charge on any atom is -0.397 e. The van der Waals surface area contributed by atoms with Gasteiger partial charge >= 0.3 is 0 Å². The summed E-state index contributed by atoms with van der Waals surface area (Å²) in [5.41, 5.74) is 7.25. The quantitative estimate of drug-likeness (QED) is 0.796. The van der Waals surface area contributed by atoms with Crippen LogP contribution in [-0.2, 0) is 4.79 Å². The molecule has 0 saturated heterocycles. The van der Waals surface area contributed by atoms with Crippen molar-refractivity contribution in [1.29, 1.82) is 0 Å². The van der Waals surface area contributed by atoms with Crippen molar-refractivity contribution < 1.29 is 4.79 Å². The number of anilines is 2. The van der Waals surface area contributed by atoms with Crippen molar-refractivity contribution in [3.05, 3.63) is 24.3 Å². The lowest BCUT2D eigenvalue weighted by atomic mass is 9.96. The van der Waals surface area contributed by atoms with Crippen LogP contribution in [0.1, 0.15) is 20.8 Å². The van der Waals surface area contributed by atoms with Crippen molar-refractivity contribution in [2.45, 2.75) is 20.8 Å². The summed E-state index contributed by atoms with van der Waals surface area (Å²) in [7, 11) is 1.77. The Morgan fingerprint density at radius 3 is 2.31 bits per heavy atom. The lowest BCUT2D eigenvalue weighted by Gasteiger charge is -2.24. The van der Waals surface area contributed by atoms with Crippen molar-refractivity contribution in [3.8, 4) is 0 Å². The SMILES string of the molecule is CC(C)C(C)C(=O)N(C)c1ccccc1N. The molecule has 0 fully saturated rings. The fourth-order valence-corrected chi connectivity index (χ4v) is 1.50. The Balaban J connectivity index is 2.91. The van der Waals surface area contributed by atoms with Gasteiger partial charge in [0.25, 0.3) is 0 Å². The second-order valence-corrected chi connectivity index (χ2v) is 4.49. The Hall–Kier alpha value is -1.51. The van der Waals surface area contributed by atoms with Crippen LogP contribution in [-0.4, -0.2) is 13.0 Å². The van der Waals surface area contributed by atoms with Crippen molar-refractivity contribution >= 4 is 17.3 Å². The molecule has 2 N–H and O–H groups in total. The Morgan fingerprint density at radius 2 is 1.81 bits per heavy atom. The third kappa shape index (κ3) is 2.54. The number of amides is 1. The highest BCUT2D eigenvalue weighted by molar-refractivity contribution is 5.97. The van der Waals surface area contributed by atoms with Crippen LogP contribution in [0.3, 0.4) is 0 Å². The number of nitrogens with zero attached hydrogens (tertiary/aromatic N) is 1. The number of rotatable bonds is 3. The number of hydrogen-bond donors (Lipinski definition) is 1. The van der Waals surface area contributed by atoms with E-state index in [0.29, 0.717) is 11.6 Å². The molecule has 3 heteroatoms. The van der Waals surface area contributed by atoms with Gasteiger partial charge in [0.1, 0.15) is 0 Å². The predicted molar refractivity (Wildman–Crippen MR) is 68.3 cm³/mol. The number of carbonyl (C=O) groups excluding carboxylic acids is 1. The molecule has 0 saturated carbocycles. The summed E-state index contributed by atoms with van der Waals surface area (Å²) in [6.45, 7) is 6.04. The lowest BCUT2D eigenvalue weighted by Crippen LogP contribution is -2.34. The molecule has 0 aromatic heterocycles. The van der Waals surface area contributed by atoms with E-state index < -0.39 is 0 Å². The first-order valence-electron chi connectivity index (χ1n) is 5.57. The molecule has 3 nitrogen and oxygen atoms in total. The Morgan fingerprint density at radius 1 is 1.25 bits per heavy atom. The van der Waals surface area contributed by atoms with E-state index in [1.165, 1.54) is 0 Å². The van der Waals surface area contributed by atoms with Crippen LogP contribution in [0, 0.1) is 11.8 Å². The van der Waals surface area contributed by atoms with Crippen LogP contribution in [0.2, 0.25) is 0 Å². The van der Waals surface area contributed by atoms with Gasteiger partial charge in [-0.15, -0.1) is 0 Å². The van der Waals surface area contributed by atoms with Crippen molar-refractivity contribution in [1.82, 2.24) is 0 Å². The van der Waals surface area contributed by atoms with Gasteiger partial charge in [-0.2, -0.15) is 0 Å². The lowest BCUT2D eigenvalue weighted by molar-refractivity contribution is -0.122. The fourth-order valence-electron chi connectivity index (χ4n) is 1.50. The topological polar surface area (TPSA) is 46.3 Å². The molecule has 0 bridgehead atoms. The smallest absolute Gasteiger partial charge is 0.229 e. The minimum atomic E-state index is 0.00426. The molecule has 0 heterocycles. The summed E-state index contributed by atoms with van der Waals surface area (Å²) in [5.74, 6) is 0.442. The molecule has 1 aromatic carbocycles. The normalized spacial score (nSPS) is 12.6. The highest BCUT2D eigenvalue weighted by atomic mass is 16.2. The van der Waals surface area contributed by atoms with Crippen molar-refractivity contribution in [3.63, 3.8) is 0 Å². The van der Waals surface area contributed by atoms with E-state index >= 15 is 0 Å². The molecule has 0 aliphatic heterocycles. The van der Waals surface area contributed by atoms with Gasteiger partial charge in [-0.25, -0.2) is 0 Å². The first kappa shape index (κ1) is 12.6. The van der Waals surface area contributed by atoms with Gasteiger partial charge in [0, 0.05) is 13.0 Å². The van der Waals surface area contributed by atoms with Crippen LogP contribution in [0.4, 0.5) is 11.4 Å². The Kier molecular flexibility index (Phi) is 3.93. The number of benzene rings is 1. The van der Waals surface area contributed by atoms with E-state index in [1.54, 1.807) is 18.0 Å². The molecule has 0 spiro atoms. The molecule has 1 amide bonds. The Labute approximate surface area is 97.2 Å². The van der Waals surface area contributed by atoms with Crippen LogP contribution in [0.25, 0.3) is 0 Å². The van der Waals surface area contributed by atoms with Gasteiger partial charge in [0.05, 0.1) is 11.4 Å². The summed E-state index contributed by atoms with van der Waals surface area (Å²) >= 11 is 0. The summed E-state index contributed by atoms with van der Waals surface area (Å²) in [4.78, 5) is 13.7. The molecule has 1 atom stereocenters. The van der Waals surface area contributed by atoms with E-state index in [0.717, 1.165) is 5.69 Å². The predicted octanol–water partition coefficient (Wildman–Crippen LogP) is 2.52. The van der Waals surface area contributed by atoms with Crippen LogP contribution >= 0.6 is 0 Å². The zero-order valence-electron chi connectivity index (χ0n) is 10.4. The number of hydrogen-bond acceptors (Lipinski definition) is 2. The molecular weight excluding hydrogens is 200 g/mol. The summed E-state index contributed by atoms with van der Waals surface area (Å²) in [6, 6.07) is 7.41. The monoisotopic (exact) mass is 220 g/mol. The molecule has 88 valence electrons. The molecule has 0 radical (unpaired) electrons. The highest BCUT2D eigenvalue weighted by Gasteiger charge is 2.22. The van der Waals surface area contributed by atoms with Crippen LogP contribution in [0.5, 0.6) is 0 Å². The van der Waals surface area contributed by atoms with Gasteiger partial charge < -0.3 is 10.6 Å². The largest absolute Gasteiger partial charge is 0.397 e. The molecule has 0 aliphatic carbocycles. The van der Waals surface area contributed by atoms with Gasteiger partial charge in [0.2, 0.25) is 5.91 Å². The second kappa shape index (κ2) is 5.01. The molecule has 1 unspecified atom stereocenters. The average molecular weight is 220 g/mol. The van der Waals surface area contributed by atoms with E-state index in [-0.39, 0.29) is 11.8 Å². The molecular formula is C13H20N2O. The summed E-state index contributed by atoms with van der Waals surface area (Å²) in [5, 5.41) is 0. The Bertz CT molecular complexity index is 374. The van der Waals surface area contributed by atoms with Gasteiger partial charge in [0.15, 0.2) is 0 Å². The zero-order valence-corrected chi connectivity index (χ0v) is 10.4. The third-order valence-electron chi connectivity index (χ3n) is 3.02. The summed E-state index contributed by atoms with van der Waals surface area (Å²) < 4.78 is 0. The minimum absolute atomic E-state index is 0.00426. The zero-order chi connectivity index (χ0) is 12.3. The molecule has 0 aliphatic rings. The molecule has 1 rings (SSSR count). The maximum absolute atomic E-state index is 12.1. The highest BCUT2D eigenvalue weighted by Crippen LogP contribution is 2.24. The second-order valence-electron chi connectivity index (χ2n) is 4.49. The first-order chi connectivity index (χ1) is 7.45. The van der Waals surface area contributed by atoms with E-state index in [1.807, 2.05) is 39.0 Å². The number of nitrogen functional groups attached to an aromatic ring is 1. The third-order valence-corrected chi connectivity index (χ3v) is 3.02. The molecule has 16 heavy (non-hydrogen) atoms. The number of carbonyl (C=O) groups is 1. The van der Waals surface area contributed by atoms with Gasteiger partial charge in [-0.1, -0.05) is 32.9 Å². The van der Waals surface area contributed by atoms with E-state index in [4.69, 9.17) is 5.73 Å². The maximum atomic E-state index is 12.1. The van der Waals surface area contributed by atoms with Crippen LogP contribution in [0.15, 0.2) is 24.3 Å². The summed E-state index contributed by atoms with van der Waals surface area (Å²) in [6.07, 6.45) is 0.